The molecule has 98 valence electrons. The van der Waals surface area contributed by atoms with E-state index in [4.69, 9.17) is 14.9 Å². The minimum absolute atomic E-state index is 0.386. The molecular weight excluding hydrogens is 216 g/mol. The van der Waals surface area contributed by atoms with Crippen molar-refractivity contribution in [2.75, 3.05) is 20.3 Å². The Morgan fingerprint density at radius 3 is 2.71 bits per heavy atom. The Morgan fingerprint density at radius 1 is 1.53 bits per heavy atom. The van der Waals surface area contributed by atoms with Crippen LogP contribution in [0.25, 0.3) is 0 Å². The predicted molar refractivity (Wildman–Crippen MR) is 68.8 cm³/mol. The first-order valence-electron chi connectivity index (χ1n) is 6.13. The van der Waals surface area contributed by atoms with Gasteiger partial charge in [0.1, 0.15) is 11.5 Å². The van der Waals surface area contributed by atoms with Crippen molar-refractivity contribution in [2.24, 2.45) is 5.73 Å². The Kier molecular flexibility index (Phi) is 5.68. The standard InChI is InChI=1S/C13H24N2O2/c1-5-15(11(3)9-16-4)8-12-6-10(2)13(7-14)17-12/h6,11H,5,7-9,14H2,1-4H3. The summed E-state index contributed by atoms with van der Waals surface area (Å²) in [5, 5.41) is 0. The fourth-order valence-corrected chi connectivity index (χ4v) is 2.00. The molecule has 0 spiro atoms. The molecule has 0 aliphatic rings. The average Bonchev–Trinajstić information content (AvgIpc) is 2.66. The number of aryl methyl sites for hydroxylation is 1. The Bertz CT molecular complexity index is 336. The minimum atomic E-state index is 0.386. The molecule has 1 aromatic rings. The lowest BCUT2D eigenvalue weighted by atomic mass is 10.2. The summed E-state index contributed by atoms with van der Waals surface area (Å²) in [5.41, 5.74) is 6.74. The molecule has 1 unspecified atom stereocenters. The van der Waals surface area contributed by atoms with Gasteiger partial charge in [-0.1, -0.05) is 6.92 Å². The van der Waals surface area contributed by atoms with Gasteiger partial charge in [-0.3, -0.25) is 4.90 Å². The van der Waals surface area contributed by atoms with Crippen molar-refractivity contribution in [2.45, 2.75) is 39.9 Å². The lowest BCUT2D eigenvalue weighted by Crippen LogP contribution is -2.35. The minimum Gasteiger partial charge on any atom is -0.463 e. The van der Waals surface area contributed by atoms with E-state index in [1.165, 1.54) is 0 Å². The van der Waals surface area contributed by atoms with Crippen LogP contribution in [-0.4, -0.2) is 31.2 Å². The highest BCUT2D eigenvalue weighted by atomic mass is 16.5. The van der Waals surface area contributed by atoms with Crippen molar-refractivity contribution in [3.63, 3.8) is 0 Å². The van der Waals surface area contributed by atoms with Crippen LogP contribution in [0.3, 0.4) is 0 Å². The summed E-state index contributed by atoms with van der Waals surface area (Å²) in [6.45, 7) is 9.31. The maximum Gasteiger partial charge on any atom is 0.120 e. The molecule has 0 amide bonds. The zero-order valence-electron chi connectivity index (χ0n) is 11.3. The third-order valence-electron chi connectivity index (χ3n) is 3.05. The van der Waals surface area contributed by atoms with Crippen molar-refractivity contribution >= 4 is 0 Å². The normalized spacial score (nSPS) is 13.3. The van der Waals surface area contributed by atoms with Crippen molar-refractivity contribution in [1.82, 2.24) is 4.90 Å². The first-order chi connectivity index (χ1) is 8.12. The summed E-state index contributed by atoms with van der Waals surface area (Å²) in [7, 11) is 1.73. The van der Waals surface area contributed by atoms with Crippen molar-refractivity contribution in [3.8, 4) is 0 Å². The molecule has 1 aromatic heterocycles. The van der Waals surface area contributed by atoms with Crippen molar-refractivity contribution in [3.05, 3.63) is 23.2 Å². The van der Waals surface area contributed by atoms with Gasteiger partial charge in [0.2, 0.25) is 0 Å². The van der Waals surface area contributed by atoms with E-state index >= 15 is 0 Å². The highest BCUT2D eigenvalue weighted by Crippen LogP contribution is 2.16. The van der Waals surface area contributed by atoms with Gasteiger partial charge in [0.25, 0.3) is 0 Å². The van der Waals surface area contributed by atoms with Gasteiger partial charge in [0.15, 0.2) is 0 Å². The second kappa shape index (κ2) is 6.79. The molecule has 4 heteroatoms. The van der Waals surface area contributed by atoms with Crippen LogP contribution in [0.1, 0.15) is 30.9 Å². The lowest BCUT2D eigenvalue weighted by molar-refractivity contribution is 0.0933. The fraction of sp³-hybridized carbons (Fsp3) is 0.692. The van der Waals surface area contributed by atoms with E-state index in [-0.39, 0.29) is 0 Å². The first kappa shape index (κ1) is 14.2. The summed E-state index contributed by atoms with van der Waals surface area (Å²) in [4.78, 5) is 2.32. The maximum absolute atomic E-state index is 5.72. The number of methoxy groups -OCH3 is 1. The summed E-state index contributed by atoms with van der Waals surface area (Å²) in [6.07, 6.45) is 0. The zero-order valence-corrected chi connectivity index (χ0v) is 11.3. The number of hydrogen-bond acceptors (Lipinski definition) is 4. The molecule has 1 rings (SSSR count). The van der Waals surface area contributed by atoms with Crippen molar-refractivity contribution in [1.29, 1.82) is 0 Å². The Labute approximate surface area is 104 Å². The van der Waals surface area contributed by atoms with E-state index in [2.05, 4.69) is 24.8 Å². The van der Waals surface area contributed by atoms with Crippen LogP contribution in [0.15, 0.2) is 10.5 Å². The van der Waals surface area contributed by atoms with Crippen LogP contribution < -0.4 is 5.73 Å². The van der Waals surface area contributed by atoms with Gasteiger partial charge >= 0.3 is 0 Å². The van der Waals surface area contributed by atoms with Gasteiger partial charge in [-0.25, -0.2) is 0 Å². The predicted octanol–water partition coefficient (Wildman–Crippen LogP) is 1.90. The van der Waals surface area contributed by atoms with Crippen LogP contribution in [0.5, 0.6) is 0 Å². The molecule has 2 N–H and O–H groups in total. The number of likely N-dealkylation sites (N-methyl/N-ethyl adjacent to an activating group) is 1. The third kappa shape index (κ3) is 3.84. The summed E-state index contributed by atoms with van der Waals surface area (Å²) in [6, 6.07) is 2.46. The highest BCUT2D eigenvalue weighted by Gasteiger charge is 2.15. The molecule has 17 heavy (non-hydrogen) atoms. The molecule has 0 radical (unpaired) electrons. The van der Waals surface area contributed by atoms with Gasteiger partial charge in [0, 0.05) is 13.2 Å². The largest absolute Gasteiger partial charge is 0.463 e. The quantitative estimate of drug-likeness (QED) is 0.791. The number of ether oxygens (including phenoxy) is 1. The third-order valence-corrected chi connectivity index (χ3v) is 3.05. The topological polar surface area (TPSA) is 51.6 Å². The van der Waals surface area contributed by atoms with E-state index < -0.39 is 0 Å². The molecule has 0 aliphatic carbocycles. The van der Waals surface area contributed by atoms with E-state index in [0.717, 1.165) is 36.8 Å². The Morgan fingerprint density at radius 2 is 2.24 bits per heavy atom. The van der Waals surface area contributed by atoms with Gasteiger partial charge < -0.3 is 14.9 Å². The number of nitrogens with two attached hydrogens (primary N) is 1. The van der Waals surface area contributed by atoms with E-state index in [0.29, 0.717) is 12.6 Å². The first-order valence-corrected chi connectivity index (χ1v) is 6.13. The molecule has 0 bridgehead atoms. The average molecular weight is 240 g/mol. The van der Waals surface area contributed by atoms with Crippen LogP contribution in [-0.2, 0) is 17.8 Å². The molecule has 0 fully saturated rings. The van der Waals surface area contributed by atoms with Gasteiger partial charge in [-0.15, -0.1) is 0 Å². The summed E-state index contributed by atoms with van der Waals surface area (Å²) < 4.78 is 10.9. The second-order valence-electron chi connectivity index (χ2n) is 4.39. The zero-order chi connectivity index (χ0) is 12.8. The fourth-order valence-electron chi connectivity index (χ4n) is 2.00. The van der Waals surface area contributed by atoms with E-state index in [1.54, 1.807) is 7.11 Å². The molecule has 4 nitrogen and oxygen atoms in total. The lowest BCUT2D eigenvalue weighted by Gasteiger charge is -2.26. The second-order valence-corrected chi connectivity index (χ2v) is 4.39. The van der Waals surface area contributed by atoms with Gasteiger partial charge in [-0.05, 0) is 32.0 Å². The van der Waals surface area contributed by atoms with Crippen LogP contribution >= 0.6 is 0 Å². The van der Waals surface area contributed by atoms with Gasteiger partial charge in [0.05, 0.1) is 19.7 Å². The Hall–Kier alpha value is -0.840. The molecule has 0 saturated carbocycles. The van der Waals surface area contributed by atoms with Crippen molar-refractivity contribution < 1.29 is 9.15 Å². The molecular formula is C13H24N2O2. The van der Waals surface area contributed by atoms with Crippen LogP contribution in [0.4, 0.5) is 0 Å². The van der Waals surface area contributed by atoms with E-state index in [1.807, 2.05) is 6.92 Å². The molecule has 0 saturated heterocycles. The number of nitrogens with zero attached hydrogens (tertiary/aromatic N) is 1. The maximum atomic E-state index is 5.72. The van der Waals surface area contributed by atoms with Crippen LogP contribution in [0.2, 0.25) is 0 Å². The van der Waals surface area contributed by atoms with Crippen LogP contribution in [0, 0.1) is 6.92 Å². The number of furan rings is 1. The molecule has 1 atom stereocenters. The monoisotopic (exact) mass is 240 g/mol. The highest BCUT2D eigenvalue weighted by molar-refractivity contribution is 5.19. The van der Waals surface area contributed by atoms with E-state index in [9.17, 15) is 0 Å². The summed E-state index contributed by atoms with van der Waals surface area (Å²) in [5.74, 6) is 1.86. The van der Waals surface area contributed by atoms with Gasteiger partial charge in [-0.2, -0.15) is 0 Å². The SMILES string of the molecule is CCN(Cc1cc(C)c(CN)o1)C(C)COC. The number of rotatable bonds is 7. The molecule has 0 aromatic carbocycles. The summed E-state index contributed by atoms with van der Waals surface area (Å²) >= 11 is 0. The smallest absolute Gasteiger partial charge is 0.120 e. The molecule has 0 aliphatic heterocycles. The molecule has 1 heterocycles. The Balaban J connectivity index is 2.66. The number of hydrogen-bond donors (Lipinski definition) is 1.